The molecule has 0 amide bonds. The zero-order chi connectivity index (χ0) is 12.8. The molecule has 2 aromatic carbocycles. The number of hydrogen-bond donors (Lipinski definition) is 1. The molecule has 1 unspecified atom stereocenters. The maximum absolute atomic E-state index is 6.16. The summed E-state index contributed by atoms with van der Waals surface area (Å²) in [4.78, 5) is 0. The molecule has 0 heterocycles. The third kappa shape index (κ3) is 3.86. The summed E-state index contributed by atoms with van der Waals surface area (Å²) in [6.07, 6.45) is 3.11. The van der Waals surface area contributed by atoms with E-state index in [2.05, 4.69) is 18.2 Å². The van der Waals surface area contributed by atoms with Crippen molar-refractivity contribution in [3.63, 3.8) is 0 Å². The van der Waals surface area contributed by atoms with Crippen LogP contribution in [0, 0.1) is 0 Å². The van der Waals surface area contributed by atoms with Gasteiger partial charge < -0.3 is 5.73 Å². The molecule has 0 radical (unpaired) electrons. The predicted molar refractivity (Wildman–Crippen MR) is 77.8 cm³/mol. The predicted octanol–water partition coefficient (Wildman–Crippen LogP) is 4.36. The van der Waals surface area contributed by atoms with Crippen LogP contribution in [0.4, 0.5) is 0 Å². The number of hydrogen-bond acceptors (Lipinski definition) is 1. The van der Waals surface area contributed by atoms with Crippen molar-refractivity contribution in [1.29, 1.82) is 0 Å². The largest absolute Gasteiger partial charge is 0.324 e. The Labute approximate surface area is 114 Å². The number of halogens is 1. The van der Waals surface area contributed by atoms with E-state index in [1.54, 1.807) is 0 Å². The van der Waals surface area contributed by atoms with Gasteiger partial charge in [0.15, 0.2) is 0 Å². The summed E-state index contributed by atoms with van der Waals surface area (Å²) in [5, 5.41) is 0.805. The summed E-state index contributed by atoms with van der Waals surface area (Å²) in [6, 6.07) is 18.4. The lowest BCUT2D eigenvalue weighted by Crippen LogP contribution is -2.10. The second-order valence-electron chi connectivity index (χ2n) is 4.54. The van der Waals surface area contributed by atoms with Crippen molar-refractivity contribution < 1.29 is 0 Å². The van der Waals surface area contributed by atoms with Crippen molar-refractivity contribution in [1.82, 2.24) is 0 Å². The Morgan fingerprint density at radius 2 is 1.78 bits per heavy atom. The van der Waals surface area contributed by atoms with E-state index in [1.165, 1.54) is 11.1 Å². The first-order chi connectivity index (χ1) is 8.75. The molecule has 94 valence electrons. The standard InChI is InChI=1S/C16H18ClN/c17-15-10-4-6-13(12-15)7-5-11-16(18)14-8-2-1-3-9-14/h1-4,6,8-10,12,16H,5,7,11,18H2. The van der Waals surface area contributed by atoms with Gasteiger partial charge >= 0.3 is 0 Å². The zero-order valence-corrected chi connectivity index (χ0v) is 11.1. The molecule has 0 fully saturated rings. The molecule has 0 bridgehead atoms. The van der Waals surface area contributed by atoms with Gasteiger partial charge in [0.1, 0.15) is 0 Å². The summed E-state index contributed by atoms with van der Waals surface area (Å²) < 4.78 is 0. The molecular formula is C16H18ClN. The van der Waals surface area contributed by atoms with Gasteiger partial charge in [0.25, 0.3) is 0 Å². The van der Waals surface area contributed by atoms with Gasteiger partial charge in [0.2, 0.25) is 0 Å². The molecule has 2 rings (SSSR count). The third-order valence-corrected chi connectivity index (χ3v) is 3.33. The molecule has 1 nitrogen and oxygen atoms in total. The first-order valence-electron chi connectivity index (χ1n) is 6.30. The summed E-state index contributed by atoms with van der Waals surface area (Å²) in [5.74, 6) is 0. The summed E-state index contributed by atoms with van der Waals surface area (Å²) in [5.41, 5.74) is 8.65. The molecule has 0 saturated heterocycles. The highest BCUT2D eigenvalue weighted by Crippen LogP contribution is 2.18. The highest BCUT2D eigenvalue weighted by molar-refractivity contribution is 6.30. The van der Waals surface area contributed by atoms with Gasteiger partial charge in [-0.3, -0.25) is 0 Å². The number of rotatable bonds is 5. The quantitative estimate of drug-likeness (QED) is 0.848. The molecule has 18 heavy (non-hydrogen) atoms. The second kappa shape index (κ2) is 6.58. The molecule has 0 spiro atoms. The minimum absolute atomic E-state index is 0.130. The van der Waals surface area contributed by atoms with Gasteiger partial charge in [-0.25, -0.2) is 0 Å². The minimum atomic E-state index is 0.130. The van der Waals surface area contributed by atoms with Crippen molar-refractivity contribution in [2.45, 2.75) is 25.3 Å². The molecule has 0 aromatic heterocycles. The van der Waals surface area contributed by atoms with Crippen LogP contribution in [0.15, 0.2) is 54.6 Å². The fraction of sp³-hybridized carbons (Fsp3) is 0.250. The molecule has 2 aromatic rings. The van der Waals surface area contributed by atoms with Crippen LogP contribution in [0.25, 0.3) is 0 Å². The van der Waals surface area contributed by atoms with E-state index in [0.717, 1.165) is 24.3 Å². The summed E-state index contributed by atoms with van der Waals surface area (Å²) >= 11 is 5.96. The third-order valence-electron chi connectivity index (χ3n) is 3.10. The van der Waals surface area contributed by atoms with Crippen LogP contribution in [0.3, 0.4) is 0 Å². The maximum atomic E-state index is 6.16. The van der Waals surface area contributed by atoms with Crippen molar-refractivity contribution >= 4 is 11.6 Å². The van der Waals surface area contributed by atoms with Crippen LogP contribution in [0.5, 0.6) is 0 Å². The molecule has 0 aliphatic carbocycles. The Bertz CT molecular complexity index is 481. The Hall–Kier alpha value is -1.31. The lowest BCUT2D eigenvalue weighted by Gasteiger charge is -2.11. The minimum Gasteiger partial charge on any atom is -0.324 e. The van der Waals surface area contributed by atoms with E-state index in [-0.39, 0.29) is 6.04 Å². The Balaban J connectivity index is 1.82. The van der Waals surface area contributed by atoms with E-state index in [4.69, 9.17) is 17.3 Å². The molecule has 0 aliphatic heterocycles. The van der Waals surface area contributed by atoms with E-state index in [0.29, 0.717) is 0 Å². The molecule has 2 N–H and O–H groups in total. The fourth-order valence-corrected chi connectivity index (χ4v) is 2.30. The Morgan fingerprint density at radius 3 is 2.50 bits per heavy atom. The average Bonchev–Trinajstić information content (AvgIpc) is 2.40. The van der Waals surface area contributed by atoms with Crippen LogP contribution in [-0.4, -0.2) is 0 Å². The van der Waals surface area contributed by atoms with E-state index in [9.17, 15) is 0 Å². The SMILES string of the molecule is NC(CCCc1cccc(Cl)c1)c1ccccc1. The average molecular weight is 260 g/mol. The Morgan fingerprint density at radius 1 is 1.00 bits per heavy atom. The van der Waals surface area contributed by atoms with Crippen LogP contribution >= 0.6 is 11.6 Å². The Kier molecular flexibility index (Phi) is 4.80. The smallest absolute Gasteiger partial charge is 0.0408 e. The van der Waals surface area contributed by atoms with Gasteiger partial charge in [-0.1, -0.05) is 54.1 Å². The van der Waals surface area contributed by atoms with Crippen LogP contribution < -0.4 is 5.73 Å². The fourth-order valence-electron chi connectivity index (χ4n) is 2.09. The second-order valence-corrected chi connectivity index (χ2v) is 4.98. The van der Waals surface area contributed by atoms with Crippen molar-refractivity contribution in [3.8, 4) is 0 Å². The monoisotopic (exact) mass is 259 g/mol. The molecule has 2 heteroatoms. The van der Waals surface area contributed by atoms with E-state index >= 15 is 0 Å². The van der Waals surface area contributed by atoms with Crippen molar-refractivity contribution in [2.75, 3.05) is 0 Å². The molecule has 0 aliphatic rings. The van der Waals surface area contributed by atoms with Gasteiger partial charge in [0.05, 0.1) is 0 Å². The molecular weight excluding hydrogens is 242 g/mol. The van der Waals surface area contributed by atoms with Crippen LogP contribution in [0.1, 0.15) is 30.0 Å². The normalized spacial score (nSPS) is 12.3. The lowest BCUT2D eigenvalue weighted by atomic mass is 10.00. The van der Waals surface area contributed by atoms with E-state index < -0.39 is 0 Å². The topological polar surface area (TPSA) is 26.0 Å². The lowest BCUT2D eigenvalue weighted by molar-refractivity contribution is 0.611. The first kappa shape index (κ1) is 13.1. The number of benzene rings is 2. The van der Waals surface area contributed by atoms with Crippen molar-refractivity contribution in [2.24, 2.45) is 5.73 Å². The van der Waals surface area contributed by atoms with E-state index in [1.807, 2.05) is 36.4 Å². The first-order valence-corrected chi connectivity index (χ1v) is 6.68. The summed E-state index contributed by atoms with van der Waals surface area (Å²) in [7, 11) is 0. The zero-order valence-electron chi connectivity index (χ0n) is 10.4. The number of nitrogens with two attached hydrogens (primary N) is 1. The highest BCUT2D eigenvalue weighted by atomic mass is 35.5. The van der Waals surface area contributed by atoms with Crippen molar-refractivity contribution in [3.05, 3.63) is 70.7 Å². The maximum Gasteiger partial charge on any atom is 0.0408 e. The van der Waals surface area contributed by atoms with Gasteiger partial charge in [0, 0.05) is 11.1 Å². The van der Waals surface area contributed by atoms with Crippen LogP contribution in [-0.2, 0) is 6.42 Å². The molecule has 1 atom stereocenters. The van der Waals surface area contributed by atoms with Gasteiger partial charge in [-0.2, -0.15) is 0 Å². The molecule has 0 saturated carbocycles. The highest BCUT2D eigenvalue weighted by Gasteiger charge is 2.05. The number of aryl methyl sites for hydroxylation is 1. The van der Waals surface area contributed by atoms with Crippen LogP contribution in [0.2, 0.25) is 5.02 Å². The van der Waals surface area contributed by atoms with Gasteiger partial charge in [-0.15, -0.1) is 0 Å². The van der Waals surface area contributed by atoms with Gasteiger partial charge in [-0.05, 0) is 42.5 Å². The summed E-state index contributed by atoms with van der Waals surface area (Å²) in [6.45, 7) is 0.